The van der Waals surface area contributed by atoms with Crippen LogP contribution in [0.1, 0.15) is 32.2 Å². The second kappa shape index (κ2) is 5.65. The standard InChI is InChI=1S/C13H24N4/c1-9(2)10(3)5-14-6-11-4-12-13(7-15-11)17-8-16-12/h8-11,14-15H,4-7H2,1-3H3,(H,16,17). The van der Waals surface area contributed by atoms with Crippen LogP contribution in [-0.2, 0) is 13.0 Å². The van der Waals surface area contributed by atoms with Gasteiger partial charge in [-0.2, -0.15) is 0 Å². The molecule has 3 N–H and O–H groups in total. The minimum Gasteiger partial charge on any atom is -0.347 e. The molecule has 1 aliphatic heterocycles. The SMILES string of the molecule is CC(C)C(C)CNCC1Cc2nc[nH]c2CN1. The lowest BCUT2D eigenvalue weighted by Crippen LogP contribution is -2.44. The van der Waals surface area contributed by atoms with Gasteiger partial charge in [-0.1, -0.05) is 20.8 Å². The molecule has 0 saturated heterocycles. The van der Waals surface area contributed by atoms with Gasteiger partial charge in [0.25, 0.3) is 0 Å². The first-order valence-corrected chi connectivity index (χ1v) is 6.62. The van der Waals surface area contributed by atoms with Gasteiger partial charge in [0.05, 0.1) is 17.7 Å². The van der Waals surface area contributed by atoms with E-state index in [0.717, 1.165) is 37.9 Å². The summed E-state index contributed by atoms with van der Waals surface area (Å²) >= 11 is 0. The second-order valence-corrected chi connectivity index (χ2v) is 5.49. The van der Waals surface area contributed by atoms with Gasteiger partial charge in [-0.25, -0.2) is 4.98 Å². The van der Waals surface area contributed by atoms with Crippen molar-refractivity contribution in [3.05, 3.63) is 17.7 Å². The Labute approximate surface area is 104 Å². The quantitative estimate of drug-likeness (QED) is 0.722. The highest BCUT2D eigenvalue weighted by molar-refractivity contribution is 5.15. The highest BCUT2D eigenvalue weighted by atomic mass is 15.0. The lowest BCUT2D eigenvalue weighted by Gasteiger charge is -2.24. The van der Waals surface area contributed by atoms with Crippen LogP contribution in [0.4, 0.5) is 0 Å². The molecular formula is C13H24N4. The topological polar surface area (TPSA) is 52.7 Å². The fourth-order valence-corrected chi connectivity index (χ4v) is 2.10. The molecule has 0 bridgehead atoms. The van der Waals surface area contributed by atoms with E-state index >= 15 is 0 Å². The summed E-state index contributed by atoms with van der Waals surface area (Å²) in [6, 6.07) is 0.519. The molecule has 1 aromatic rings. The van der Waals surface area contributed by atoms with Crippen LogP contribution in [0.25, 0.3) is 0 Å². The fraction of sp³-hybridized carbons (Fsp3) is 0.769. The Morgan fingerprint density at radius 2 is 2.29 bits per heavy atom. The summed E-state index contributed by atoms with van der Waals surface area (Å²) in [7, 11) is 0. The van der Waals surface area contributed by atoms with Crippen LogP contribution >= 0.6 is 0 Å². The van der Waals surface area contributed by atoms with E-state index in [1.54, 1.807) is 6.33 Å². The van der Waals surface area contributed by atoms with Crippen LogP contribution in [0.3, 0.4) is 0 Å². The van der Waals surface area contributed by atoms with Gasteiger partial charge >= 0.3 is 0 Å². The molecule has 4 heteroatoms. The van der Waals surface area contributed by atoms with Crippen molar-refractivity contribution in [3.63, 3.8) is 0 Å². The number of hydrogen-bond donors (Lipinski definition) is 3. The highest BCUT2D eigenvalue weighted by Crippen LogP contribution is 2.12. The van der Waals surface area contributed by atoms with Gasteiger partial charge < -0.3 is 15.6 Å². The second-order valence-electron chi connectivity index (χ2n) is 5.49. The molecule has 0 fully saturated rings. The van der Waals surface area contributed by atoms with E-state index in [1.165, 1.54) is 11.4 Å². The molecule has 0 aromatic carbocycles. The zero-order valence-electron chi connectivity index (χ0n) is 11.1. The summed E-state index contributed by atoms with van der Waals surface area (Å²) in [6.45, 7) is 9.91. The number of nitrogens with zero attached hydrogens (tertiary/aromatic N) is 1. The van der Waals surface area contributed by atoms with Crippen molar-refractivity contribution in [2.24, 2.45) is 11.8 Å². The molecule has 0 spiro atoms. The number of H-pyrrole nitrogens is 1. The van der Waals surface area contributed by atoms with Gasteiger partial charge in [-0.3, -0.25) is 0 Å². The van der Waals surface area contributed by atoms with Crippen molar-refractivity contribution >= 4 is 0 Å². The molecule has 0 aliphatic carbocycles. The maximum Gasteiger partial charge on any atom is 0.0925 e. The lowest BCUT2D eigenvalue weighted by atomic mass is 9.98. The third kappa shape index (κ3) is 3.30. The van der Waals surface area contributed by atoms with Gasteiger partial charge in [0.1, 0.15) is 0 Å². The summed E-state index contributed by atoms with van der Waals surface area (Å²) in [5.74, 6) is 1.49. The number of hydrogen-bond acceptors (Lipinski definition) is 3. The predicted octanol–water partition coefficient (Wildman–Crippen LogP) is 1.31. The number of fused-ring (bicyclic) bond motifs is 1. The molecule has 2 rings (SSSR count). The Bertz CT molecular complexity index is 345. The first-order chi connectivity index (χ1) is 8.16. The zero-order valence-corrected chi connectivity index (χ0v) is 11.1. The van der Waals surface area contributed by atoms with E-state index in [4.69, 9.17) is 0 Å². The van der Waals surface area contributed by atoms with E-state index in [-0.39, 0.29) is 0 Å². The number of nitrogens with one attached hydrogen (secondary N) is 3. The summed E-state index contributed by atoms with van der Waals surface area (Å²) in [5, 5.41) is 7.09. The minimum absolute atomic E-state index is 0.519. The van der Waals surface area contributed by atoms with Gasteiger partial charge in [-0.15, -0.1) is 0 Å². The van der Waals surface area contributed by atoms with Gasteiger partial charge in [-0.05, 0) is 18.4 Å². The summed E-state index contributed by atoms with van der Waals surface area (Å²) in [4.78, 5) is 7.53. The molecule has 0 radical (unpaired) electrons. The molecule has 1 aromatic heterocycles. The van der Waals surface area contributed by atoms with Crippen LogP contribution < -0.4 is 10.6 Å². The van der Waals surface area contributed by atoms with Crippen molar-refractivity contribution in [3.8, 4) is 0 Å². The first kappa shape index (κ1) is 12.6. The smallest absolute Gasteiger partial charge is 0.0925 e. The number of rotatable bonds is 5. The van der Waals surface area contributed by atoms with E-state index in [1.807, 2.05) is 0 Å². The van der Waals surface area contributed by atoms with Crippen LogP contribution in [0, 0.1) is 11.8 Å². The van der Waals surface area contributed by atoms with Crippen LogP contribution in [0.5, 0.6) is 0 Å². The fourth-order valence-electron chi connectivity index (χ4n) is 2.10. The predicted molar refractivity (Wildman–Crippen MR) is 69.8 cm³/mol. The normalized spacial score (nSPS) is 21.5. The monoisotopic (exact) mass is 236 g/mol. The van der Waals surface area contributed by atoms with Gasteiger partial charge in [0.2, 0.25) is 0 Å². The maximum absolute atomic E-state index is 4.36. The van der Waals surface area contributed by atoms with E-state index in [0.29, 0.717) is 6.04 Å². The Balaban J connectivity index is 1.72. The molecule has 96 valence electrons. The van der Waals surface area contributed by atoms with Crippen LogP contribution in [-0.4, -0.2) is 29.1 Å². The van der Waals surface area contributed by atoms with Crippen molar-refractivity contribution in [1.29, 1.82) is 0 Å². The number of aromatic nitrogens is 2. The molecule has 0 saturated carbocycles. The molecule has 2 atom stereocenters. The average Bonchev–Trinajstić information content (AvgIpc) is 2.75. The average molecular weight is 236 g/mol. The molecule has 1 aliphatic rings. The van der Waals surface area contributed by atoms with Crippen LogP contribution in [0.2, 0.25) is 0 Å². The van der Waals surface area contributed by atoms with Crippen molar-refractivity contribution in [2.75, 3.05) is 13.1 Å². The van der Waals surface area contributed by atoms with Gasteiger partial charge in [0, 0.05) is 25.6 Å². The Kier molecular flexibility index (Phi) is 4.18. The molecule has 17 heavy (non-hydrogen) atoms. The number of aromatic amines is 1. The Morgan fingerprint density at radius 1 is 1.47 bits per heavy atom. The first-order valence-electron chi connectivity index (χ1n) is 6.62. The third-order valence-corrected chi connectivity index (χ3v) is 3.81. The molecule has 2 heterocycles. The van der Waals surface area contributed by atoms with Gasteiger partial charge in [0.15, 0.2) is 0 Å². The highest BCUT2D eigenvalue weighted by Gasteiger charge is 2.19. The lowest BCUT2D eigenvalue weighted by molar-refractivity contribution is 0.369. The van der Waals surface area contributed by atoms with E-state index in [2.05, 4.69) is 41.4 Å². The number of imidazole rings is 1. The van der Waals surface area contributed by atoms with Crippen LogP contribution in [0.15, 0.2) is 6.33 Å². The molecule has 0 amide bonds. The summed E-state index contributed by atoms with van der Waals surface area (Å²) < 4.78 is 0. The molecule has 2 unspecified atom stereocenters. The van der Waals surface area contributed by atoms with E-state index in [9.17, 15) is 0 Å². The zero-order chi connectivity index (χ0) is 12.3. The Morgan fingerprint density at radius 3 is 3.06 bits per heavy atom. The maximum atomic E-state index is 4.36. The van der Waals surface area contributed by atoms with E-state index < -0.39 is 0 Å². The minimum atomic E-state index is 0.519. The van der Waals surface area contributed by atoms with Crippen molar-refractivity contribution in [2.45, 2.75) is 39.8 Å². The third-order valence-electron chi connectivity index (χ3n) is 3.81. The summed E-state index contributed by atoms with van der Waals surface area (Å²) in [5.41, 5.74) is 2.48. The largest absolute Gasteiger partial charge is 0.347 e. The van der Waals surface area contributed by atoms with Crippen molar-refractivity contribution in [1.82, 2.24) is 20.6 Å². The Hall–Kier alpha value is -0.870. The molecular weight excluding hydrogens is 212 g/mol. The molecule has 4 nitrogen and oxygen atoms in total. The summed E-state index contributed by atoms with van der Waals surface area (Å²) in [6.07, 6.45) is 2.82. The van der Waals surface area contributed by atoms with Crippen molar-refractivity contribution < 1.29 is 0 Å².